The summed E-state index contributed by atoms with van der Waals surface area (Å²) < 4.78 is 26.0. The number of non-ortho nitro benzene ring substituents is 1. The van der Waals surface area contributed by atoms with Gasteiger partial charge in [0.05, 0.1) is 9.82 Å². The first-order valence-electron chi connectivity index (χ1n) is 5.91. The van der Waals surface area contributed by atoms with Gasteiger partial charge in [-0.25, -0.2) is 8.42 Å². The lowest BCUT2D eigenvalue weighted by atomic mass is 10.1. The molecule has 0 amide bonds. The van der Waals surface area contributed by atoms with Gasteiger partial charge in [0.1, 0.15) is 0 Å². The quantitative estimate of drug-likeness (QED) is 0.663. The van der Waals surface area contributed by atoms with Crippen molar-refractivity contribution in [1.29, 1.82) is 0 Å². The van der Waals surface area contributed by atoms with Gasteiger partial charge < -0.3 is 5.73 Å². The highest BCUT2D eigenvalue weighted by Crippen LogP contribution is 2.23. The largest absolute Gasteiger partial charge is 0.327 e. The van der Waals surface area contributed by atoms with Gasteiger partial charge in [-0.15, -0.1) is 12.4 Å². The van der Waals surface area contributed by atoms with E-state index in [0.717, 1.165) is 12.5 Å². The van der Waals surface area contributed by atoms with E-state index >= 15 is 0 Å². The van der Waals surface area contributed by atoms with Gasteiger partial charge in [0.15, 0.2) is 0 Å². The van der Waals surface area contributed by atoms with Crippen LogP contribution in [0.15, 0.2) is 29.2 Å². The van der Waals surface area contributed by atoms with Gasteiger partial charge in [0.2, 0.25) is 10.0 Å². The predicted molar refractivity (Wildman–Crippen MR) is 76.3 cm³/mol. The Morgan fingerprint density at radius 2 is 2.10 bits per heavy atom. The van der Waals surface area contributed by atoms with E-state index in [2.05, 4.69) is 0 Å². The summed E-state index contributed by atoms with van der Waals surface area (Å²) in [6.07, 6.45) is 1.50. The van der Waals surface area contributed by atoms with Crippen molar-refractivity contribution in [2.24, 2.45) is 5.73 Å². The van der Waals surface area contributed by atoms with Gasteiger partial charge in [0, 0.05) is 31.3 Å². The van der Waals surface area contributed by atoms with E-state index in [9.17, 15) is 18.5 Å². The lowest BCUT2D eigenvalue weighted by Gasteiger charge is -2.29. The maximum Gasteiger partial charge on any atom is 0.270 e. The normalized spacial score (nSPS) is 20.1. The summed E-state index contributed by atoms with van der Waals surface area (Å²) in [4.78, 5) is 10.0. The smallest absolute Gasteiger partial charge is 0.270 e. The van der Waals surface area contributed by atoms with Crippen molar-refractivity contribution in [2.75, 3.05) is 13.1 Å². The minimum atomic E-state index is -3.70. The standard InChI is InChI=1S/C11H15N3O4S.ClH/c12-9-3-2-6-13(8-9)19(17,18)11-5-1-4-10(7-11)14(15)16;/h1,4-5,7,9H,2-3,6,8,12H2;1H/t9-;/m1./s1. The Balaban J connectivity index is 0.00000200. The number of halogens is 1. The second-order valence-corrected chi connectivity index (χ2v) is 6.46. The van der Waals surface area contributed by atoms with Crippen molar-refractivity contribution >= 4 is 28.1 Å². The number of piperidine rings is 1. The molecule has 1 aliphatic rings. The molecule has 0 aliphatic carbocycles. The van der Waals surface area contributed by atoms with E-state index in [1.807, 2.05) is 0 Å². The van der Waals surface area contributed by atoms with Gasteiger partial charge in [-0.05, 0) is 18.9 Å². The highest BCUT2D eigenvalue weighted by atomic mass is 35.5. The number of hydrogen-bond acceptors (Lipinski definition) is 5. The first kappa shape index (κ1) is 16.8. The molecule has 1 heterocycles. The molecule has 0 radical (unpaired) electrons. The van der Waals surface area contributed by atoms with Crippen LogP contribution in [0.25, 0.3) is 0 Å². The molecule has 9 heteroatoms. The SMILES string of the molecule is Cl.N[C@@H]1CCCN(S(=O)(=O)c2cccc([N+](=O)[O-])c2)C1. The number of nitrogens with zero attached hydrogens (tertiary/aromatic N) is 2. The molecule has 0 bridgehead atoms. The Hall–Kier alpha value is -1.22. The van der Waals surface area contributed by atoms with E-state index in [1.54, 1.807) is 0 Å². The molecule has 1 saturated heterocycles. The van der Waals surface area contributed by atoms with Crippen molar-refractivity contribution < 1.29 is 13.3 Å². The zero-order chi connectivity index (χ0) is 14.0. The van der Waals surface area contributed by atoms with Crippen molar-refractivity contribution in [3.63, 3.8) is 0 Å². The van der Waals surface area contributed by atoms with Crippen LogP contribution in [0.5, 0.6) is 0 Å². The van der Waals surface area contributed by atoms with Crippen LogP contribution in [0, 0.1) is 10.1 Å². The highest BCUT2D eigenvalue weighted by Gasteiger charge is 2.29. The molecule has 112 valence electrons. The minimum Gasteiger partial charge on any atom is -0.327 e. The van der Waals surface area contributed by atoms with Gasteiger partial charge >= 0.3 is 0 Å². The van der Waals surface area contributed by atoms with Crippen LogP contribution in [-0.2, 0) is 10.0 Å². The molecule has 2 N–H and O–H groups in total. The second-order valence-electron chi connectivity index (χ2n) is 4.52. The molecule has 7 nitrogen and oxygen atoms in total. The average molecular weight is 322 g/mol. The molecule has 0 spiro atoms. The molecule has 0 aromatic heterocycles. The van der Waals surface area contributed by atoms with Crippen molar-refractivity contribution in [3.05, 3.63) is 34.4 Å². The third kappa shape index (κ3) is 3.45. The van der Waals surface area contributed by atoms with Crippen molar-refractivity contribution in [1.82, 2.24) is 4.31 Å². The third-order valence-corrected chi connectivity index (χ3v) is 4.95. The third-order valence-electron chi connectivity index (χ3n) is 3.09. The Morgan fingerprint density at radius 3 is 2.70 bits per heavy atom. The van der Waals surface area contributed by atoms with E-state index in [-0.39, 0.29) is 35.6 Å². The number of nitrogens with two attached hydrogens (primary N) is 1. The zero-order valence-electron chi connectivity index (χ0n) is 10.6. The van der Waals surface area contributed by atoms with Crippen LogP contribution in [-0.4, -0.2) is 36.8 Å². The number of sulfonamides is 1. The number of nitro groups is 1. The maximum absolute atomic E-state index is 12.4. The monoisotopic (exact) mass is 321 g/mol. The fraction of sp³-hybridized carbons (Fsp3) is 0.455. The van der Waals surface area contributed by atoms with E-state index < -0.39 is 14.9 Å². The van der Waals surface area contributed by atoms with Gasteiger partial charge in [-0.3, -0.25) is 10.1 Å². The molecular weight excluding hydrogens is 306 g/mol. The lowest BCUT2D eigenvalue weighted by Crippen LogP contribution is -2.45. The van der Waals surface area contributed by atoms with Gasteiger partial charge in [-0.2, -0.15) is 4.31 Å². The Labute approximate surface area is 123 Å². The number of rotatable bonds is 3. The van der Waals surface area contributed by atoms with Gasteiger partial charge in [0.25, 0.3) is 5.69 Å². The van der Waals surface area contributed by atoms with E-state index in [0.29, 0.717) is 13.0 Å². The highest BCUT2D eigenvalue weighted by molar-refractivity contribution is 7.89. The van der Waals surface area contributed by atoms with Crippen molar-refractivity contribution in [2.45, 2.75) is 23.8 Å². The summed E-state index contributed by atoms with van der Waals surface area (Å²) in [5.74, 6) is 0. The zero-order valence-corrected chi connectivity index (χ0v) is 12.3. The molecule has 1 aromatic carbocycles. The fourth-order valence-electron chi connectivity index (χ4n) is 2.10. The molecular formula is C11H16ClN3O4S. The first-order valence-corrected chi connectivity index (χ1v) is 7.35. The van der Waals surface area contributed by atoms with Crippen LogP contribution in [0.3, 0.4) is 0 Å². The Morgan fingerprint density at radius 1 is 1.40 bits per heavy atom. The molecule has 1 aromatic rings. The summed E-state index contributed by atoms with van der Waals surface area (Å²) in [6.45, 7) is 0.656. The van der Waals surface area contributed by atoms with Gasteiger partial charge in [-0.1, -0.05) is 6.07 Å². The average Bonchev–Trinajstić information content (AvgIpc) is 2.39. The lowest BCUT2D eigenvalue weighted by molar-refractivity contribution is -0.385. The van der Waals surface area contributed by atoms with Crippen LogP contribution >= 0.6 is 12.4 Å². The molecule has 2 rings (SSSR count). The molecule has 1 fully saturated rings. The van der Waals surface area contributed by atoms with Crippen LogP contribution in [0.4, 0.5) is 5.69 Å². The summed E-state index contributed by atoms with van der Waals surface area (Å²) in [7, 11) is -3.70. The van der Waals surface area contributed by atoms with Crippen LogP contribution in [0.2, 0.25) is 0 Å². The molecule has 20 heavy (non-hydrogen) atoms. The first-order chi connectivity index (χ1) is 8.91. The second kappa shape index (κ2) is 6.49. The van der Waals surface area contributed by atoms with Crippen molar-refractivity contribution in [3.8, 4) is 0 Å². The molecule has 0 unspecified atom stereocenters. The Bertz CT molecular complexity index is 593. The topological polar surface area (TPSA) is 107 Å². The minimum absolute atomic E-state index is 0. The maximum atomic E-state index is 12.4. The summed E-state index contributed by atoms with van der Waals surface area (Å²) in [6, 6.07) is 4.90. The summed E-state index contributed by atoms with van der Waals surface area (Å²) in [5, 5.41) is 10.7. The number of nitro benzene ring substituents is 1. The van der Waals surface area contributed by atoms with Crippen LogP contribution in [0.1, 0.15) is 12.8 Å². The van der Waals surface area contributed by atoms with E-state index in [1.165, 1.54) is 22.5 Å². The molecule has 0 saturated carbocycles. The predicted octanol–water partition coefficient (Wildman–Crippen LogP) is 1.13. The Kier molecular flexibility index (Phi) is 5.46. The number of benzene rings is 1. The fourth-order valence-corrected chi connectivity index (χ4v) is 3.67. The molecule has 1 atom stereocenters. The number of hydrogen-bond donors (Lipinski definition) is 1. The molecule has 1 aliphatic heterocycles. The summed E-state index contributed by atoms with van der Waals surface area (Å²) in [5.41, 5.74) is 5.53. The summed E-state index contributed by atoms with van der Waals surface area (Å²) >= 11 is 0. The van der Waals surface area contributed by atoms with E-state index in [4.69, 9.17) is 5.73 Å². The van der Waals surface area contributed by atoms with Crippen LogP contribution < -0.4 is 5.73 Å².